The highest BCUT2D eigenvalue weighted by atomic mass is 16.5. The number of carbonyl (C=O) groups is 2. The van der Waals surface area contributed by atoms with Crippen LogP contribution in [0.2, 0.25) is 0 Å². The Kier molecular flexibility index (Phi) is 8.47. The van der Waals surface area contributed by atoms with Crippen LogP contribution in [0.15, 0.2) is 54.6 Å². The molecule has 0 spiro atoms. The number of piperidine rings is 1. The number of amides is 2. The molecule has 31 heavy (non-hydrogen) atoms. The van der Waals surface area contributed by atoms with Crippen LogP contribution in [0.25, 0.3) is 0 Å². The monoisotopic (exact) mass is 423 g/mol. The van der Waals surface area contributed by atoms with Crippen molar-refractivity contribution in [1.82, 2.24) is 15.5 Å². The molecule has 1 saturated heterocycles. The minimum Gasteiger partial charge on any atom is -0.445 e. The maximum absolute atomic E-state index is 12.2. The standard InChI is InChI=1S/C25H33N3O3/c1-19-12-20(2)16-28(15-19)17-23-11-7-6-10-22(23)13-26-24(29)14-27-25(30)31-18-21-8-4-3-5-9-21/h3-11,19-20H,12-18H2,1-2H3,(H,26,29)(H,27,30). The van der Waals surface area contributed by atoms with Gasteiger partial charge in [-0.05, 0) is 34.9 Å². The van der Waals surface area contributed by atoms with E-state index in [1.807, 2.05) is 48.5 Å². The molecule has 166 valence electrons. The van der Waals surface area contributed by atoms with Gasteiger partial charge in [-0.25, -0.2) is 4.79 Å². The fourth-order valence-electron chi connectivity index (χ4n) is 4.23. The Balaban J connectivity index is 1.42. The molecule has 6 nitrogen and oxygen atoms in total. The third-order valence-electron chi connectivity index (χ3n) is 5.54. The number of alkyl carbamates (subject to hydrolysis) is 1. The van der Waals surface area contributed by atoms with Gasteiger partial charge in [0, 0.05) is 26.2 Å². The number of hydrogen-bond donors (Lipinski definition) is 2. The number of nitrogens with one attached hydrogen (secondary N) is 2. The van der Waals surface area contributed by atoms with Gasteiger partial charge in [0.2, 0.25) is 5.91 Å². The highest BCUT2D eigenvalue weighted by molar-refractivity contribution is 5.82. The molecule has 2 unspecified atom stereocenters. The lowest BCUT2D eigenvalue weighted by Crippen LogP contribution is -2.39. The first kappa shape index (κ1) is 22.8. The maximum atomic E-state index is 12.2. The van der Waals surface area contributed by atoms with Gasteiger partial charge in [0.05, 0.1) is 0 Å². The minimum atomic E-state index is -0.604. The summed E-state index contributed by atoms with van der Waals surface area (Å²) < 4.78 is 5.13. The number of hydrogen-bond acceptors (Lipinski definition) is 4. The van der Waals surface area contributed by atoms with Crippen molar-refractivity contribution < 1.29 is 14.3 Å². The topological polar surface area (TPSA) is 70.7 Å². The molecule has 0 aliphatic carbocycles. The van der Waals surface area contributed by atoms with E-state index in [-0.39, 0.29) is 19.1 Å². The zero-order valence-corrected chi connectivity index (χ0v) is 18.5. The zero-order valence-electron chi connectivity index (χ0n) is 18.5. The molecule has 2 amide bonds. The summed E-state index contributed by atoms with van der Waals surface area (Å²) in [7, 11) is 0. The number of likely N-dealkylation sites (tertiary alicyclic amines) is 1. The normalized spacial score (nSPS) is 18.9. The maximum Gasteiger partial charge on any atom is 0.407 e. The van der Waals surface area contributed by atoms with Gasteiger partial charge in [-0.3, -0.25) is 9.69 Å². The zero-order chi connectivity index (χ0) is 22.1. The molecule has 0 radical (unpaired) electrons. The van der Waals surface area contributed by atoms with Crippen LogP contribution in [0.3, 0.4) is 0 Å². The van der Waals surface area contributed by atoms with Crippen molar-refractivity contribution in [3.63, 3.8) is 0 Å². The van der Waals surface area contributed by atoms with E-state index in [4.69, 9.17) is 4.74 Å². The Morgan fingerprint density at radius 3 is 2.29 bits per heavy atom. The Hall–Kier alpha value is -2.86. The molecule has 1 fully saturated rings. The first-order chi connectivity index (χ1) is 15.0. The molecule has 0 saturated carbocycles. The summed E-state index contributed by atoms with van der Waals surface area (Å²) in [5.74, 6) is 1.18. The van der Waals surface area contributed by atoms with Gasteiger partial charge in [-0.1, -0.05) is 68.4 Å². The van der Waals surface area contributed by atoms with Gasteiger partial charge in [0.15, 0.2) is 0 Å². The minimum absolute atomic E-state index is 0.114. The van der Waals surface area contributed by atoms with Crippen LogP contribution in [0, 0.1) is 11.8 Å². The SMILES string of the molecule is CC1CC(C)CN(Cc2ccccc2CNC(=O)CNC(=O)OCc2ccccc2)C1. The lowest BCUT2D eigenvalue weighted by molar-refractivity contribution is -0.120. The largest absolute Gasteiger partial charge is 0.445 e. The summed E-state index contributed by atoms with van der Waals surface area (Å²) in [4.78, 5) is 26.5. The van der Waals surface area contributed by atoms with E-state index < -0.39 is 6.09 Å². The van der Waals surface area contributed by atoms with Crippen molar-refractivity contribution in [3.05, 3.63) is 71.3 Å². The van der Waals surface area contributed by atoms with Gasteiger partial charge in [0.25, 0.3) is 0 Å². The first-order valence-electron chi connectivity index (χ1n) is 11.0. The summed E-state index contributed by atoms with van der Waals surface area (Å²) >= 11 is 0. The lowest BCUT2D eigenvalue weighted by atomic mass is 9.91. The predicted octanol–water partition coefficient (Wildman–Crippen LogP) is 3.71. The van der Waals surface area contributed by atoms with Crippen molar-refractivity contribution in [2.45, 2.75) is 40.0 Å². The van der Waals surface area contributed by atoms with Crippen LogP contribution in [0.4, 0.5) is 4.79 Å². The van der Waals surface area contributed by atoms with Crippen molar-refractivity contribution in [2.75, 3.05) is 19.6 Å². The van der Waals surface area contributed by atoms with Crippen LogP contribution in [0.5, 0.6) is 0 Å². The molecule has 1 aliphatic rings. The molecular formula is C25H33N3O3. The van der Waals surface area contributed by atoms with Gasteiger partial charge >= 0.3 is 6.09 Å². The number of ether oxygens (including phenoxy) is 1. The summed E-state index contributed by atoms with van der Waals surface area (Å²) in [6, 6.07) is 17.6. The molecule has 0 aromatic heterocycles. The van der Waals surface area contributed by atoms with E-state index in [2.05, 4.69) is 35.4 Å². The number of rotatable bonds is 8. The van der Waals surface area contributed by atoms with Crippen LogP contribution < -0.4 is 10.6 Å². The third-order valence-corrected chi connectivity index (χ3v) is 5.54. The van der Waals surface area contributed by atoms with E-state index in [0.717, 1.165) is 30.8 Å². The smallest absolute Gasteiger partial charge is 0.407 e. The van der Waals surface area contributed by atoms with Crippen molar-refractivity contribution in [2.24, 2.45) is 11.8 Å². The molecule has 1 aliphatic heterocycles. The average molecular weight is 424 g/mol. The second-order valence-electron chi connectivity index (χ2n) is 8.60. The molecule has 2 aromatic carbocycles. The van der Waals surface area contributed by atoms with Crippen molar-refractivity contribution in [3.8, 4) is 0 Å². The fourth-order valence-corrected chi connectivity index (χ4v) is 4.23. The van der Waals surface area contributed by atoms with Gasteiger partial charge in [-0.15, -0.1) is 0 Å². The van der Waals surface area contributed by atoms with E-state index >= 15 is 0 Å². The van der Waals surface area contributed by atoms with Crippen molar-refractivity contribution >= 4 is 12.0 Å². The summed E-state index contributed by atoms with van der Waals surface area (Å²) in [5, 5.41) is 5.39. The average Bonchev–Trinajstić information content (AvgIpc) is 2.75. The highest BCUT2D eigenvalue weighted by Crippen LogP contribution is 2.23. The number of benzene rings is 2. The van der Waals surface area contributed by atoms with Crippen LogP contribution in [0.1, 0.15) is 37.0 Å². The second-order valence-corrected chi connectivity index (χ2v) is 8.60. The molecule has 3 rings (SSSR count). The molecule has 2 aromatic rings. The van der Waals surface area contributed by atoms with Gasteiger partial charge in [-0.2, -0.15) is 0 Å². The Labute approximate surface area is 185 Å². The molecule has 0 bridgehead atoms. The van der Waals surface area contributed by atoms with Crippen molar-refractivity contribution in [1.29, 1.82) is 0 Å². The van der Waals surface area contributed by atoms with Crippen LogP contribution in [-0.2, 0) is 29.2 Å². The quantitative estimate of drug-likeness (QED) is 0.679. The number of nitrogens with zero attached hydrogens (tertiary/aromatic N) is 1. The second kappa shape index (κ2) is 11.5. The highest BCUT2D eigenvalue weighted by Gasteiger charge is 2.22. The van der Waals surface area contributed by atoms with Crippen LogP contribution in [-0.4, -0.2) is 36.5 Å². The Morgan fingerprint density at radius 2 is 1.58 bits per heavy atom. The first-order valence-corrected chi connectivity index (χ1v) is 11.0. The molecule has 2 atom stereocenters. The summed E-state index contributed by atoms with van der Waals surface area (Å²) in [5.41, 5.74) is 3.24. The molecule has 1 heterocycles. The van der Waals surface area contributed by atoms with E-state index in [1.165, 1.54) is 12.0 Å². The molecular weight excluding hydrogens is 390 g/mol. The summed E-state index contributed by atoms with van der Waals surface area (Å²) in [6.45, 7) is 8.24. The van der Waals surface area contributed by atoms with E-state index in [0.29, 0.717) is 18.4 Å². The third kappa shape index (κ3) is 7.72. The van der Waals surface area contributed by atoms with E-state index in [9.17, 15) is 9.59 Å². The predicted molar refractivity (Wildman–Crippen MR) is 121 cm³/mol. The fraction of sp³-hybridized carbons (Fsp3) is 0.440. The summed E-state index contributed by atoms with van der Waals surface area (Å²) in [6.07, 6.45) is 0.683. The van der Waals surface area contributed by atoms with Gasteiger partial charge < -0.3 is 15.4 Å². The molecule has 6 heteroatoms. The van der Waals surface area contributed by atoms with E-state index in [1.54, 1.807) is 0 Å². The van der Waals surface area contributed by atoms with Crippen LogP contribution >= 0.6 is 0 Å². The molecule has 2 N–H and O–H groups in total. The Morgan fingerprint density at radius 1 is 0.935 bits per heavy atom. The number of carbonyl (C=O) groups excluding carboxylic acids is 2. The Bertz CT molecular complexity index is 846. The van der Waals surface area contributed by atoms with Gasteiger partial charge in [0.1, 0.15) is 13.2 Å². The lowest BCUT2D eigenvalue weighted by Gasteiger charge is -2.35.